The van der Waals surface area contributed by atoms with Crippen LogP contribution in [0.2, 0.25) is 0 Å². The van der Waals surface area contributed by atoms with Crippen LogP contribution in [-0.2, 0) is 9.47 Å². The lowest BCUT2D eigenvalue weighted by atomic mass is 10.1. The number of carbonyl (C=O) groups excluding carboxylic acids is 2. The molecule has 16 heavy (non-hydrogen) atoms. The number of aromatic amines is 1. The molecular weight excluding hydrogens is 214 g/mol. The number of rotatable bonds is 3. The minimum Gasteiger partial charge on any atom is -0.465 e. The van der Waals surface area contributed by atoms with E-state index in [4.69, 9.17) is 4.74 Å². The van der Waals surface area contributed by atoms with Gasteiger partial charge in [0.1, 0.15) is 5.56 Å². The highest BCUT2D eigenvalue weighted by Gasteiger charge is 2.21. The van der Waals surface area contributed by atoms with E-state index < -0.39 is 17.5 Å². The van der Waals surface area contributed by atoms with Crippen LogP contribution in [0.1, 0.15) is 27.6 Å². The molecule has 0 unspecified atom stereocenters. The monoisotopic (exact) mass is 225 g/mol. The lowest BCUT2D eigenvalue weighted by Crippen LogP contribution is -2.24. The molecule has 86 valence electrons. The highest BCUT2D eigenvalue weighted by atomic mass is 16.5. The number of esters is 2. The number of carbonyl (C=O) groups is 2. The SMILES string of the molecule is CCOC(=O)c1cc[nH]c(=O)c1C(=O)OC. The lowest BCUT2D eigenvalue weighted by Gasteiger charge is -2.05. The molecular formula is C10H11NO5. The zero-order chi connectivity index (χ0) is 12.1. The van der Waals surface area contributed by atoms with Gasteiger partial charge in [-0.05, 0) is 13.0 Å². The summed E-state index contributed by atoms with van der Waals surface area (Å²) >= 11 is 0. The molecule has 0 bridgehead atoms. The van der Waals surface area contributed by atoms with Crippen molar-refractivity contribution in [2.24, 2.45) is 0 Å². The average molecular weight is 225 g/mol. The highest BCUT2D eigenvalue weighted by molar-refractivity contribution is 6.02. The van der Waals surface area contributed by atoms with E-state index in [1.807, 2.05) is 0 Å². The number of H-pyrrole nitrogens is 1. The summed E-state index contributed by atoms with van der Waals surface area (Å²) < 4.78 is 9.14. The van der Waals surface area contributed by atoms with Crippen LogP contribution in [0.4, 0.5) is 0 Å². The second-order valence-electron chi connectivity index (χ2n) is 2.81. The smallest absolute Gasteiger partial charge is 0.344 e. The van der Waals surface area contributed by atoms with Gasteiger partial charge in [-0.15, -0.1) is 0 Å². The fraction of sp³-hybridized carbons (Fsp3) is 0.300. The molecule has 0 fully saturated rings. The molecule has 1 heterocycles. The van der Waals surface area contributed by atoms with Crippen molar-refractivity contribution in [3.8, 4) is 0 Å². The van der Waals surface area contributed by atoms with E-state index in [2.05, 4.69) is 9.72 Å². The maximum atomic E-state index is 11.5. The third-order valence-electron chi connectivity index (χ3n) is 1.85. The van der Waals surface area contributed by atoms with Gasteiger partial charge in [-0.2, -0.15) is 0 Å². The van der Waals surface area contributed by atoms with Crippen LogP contribution in [0.25, 0.3) is 0 Å². The first kappa shape index (κ1) is 12.0. The third kappa shape index (κ3) is 2.28. The van der Waals surface area contributed by atoms with Crippen LogP contribution in [0.3, 0.4) is 0 Å². The number of aromatic nitrogens is 1. The van der Waals surface area contributed by atoms with E-state index in [-0.39, 0.29) is 17.7 Å². The number of nitrogens with one attached hydrogen (secondary N) is 1. The predicted molar refractivity (Wildman–Crippen MR) is 54.4 cm³/mol. The molecule has 0 radical (unpaired) electrons. The van der Waals surface area contributed by atoms with Crippen molar-refractivity contribution < 1.29 is 19.1 Å². The maximum Gasteiger partial charge on any atom is 0.344 e. The van der Waals surface area contributed by atoms with E-state index in [1.54, 1.807) is 6.92 Å². The van der Waals surface area contributed by atoms with Crippen molar-refractivity contribution in [1.82, 2.24) is 4.98 Å². The van der Waals surface area contributed by atoms with Crippen molar-refractivity contribution in [3.05, 3.63) is 33.7 Å². The van der Waals surface area contributed by atoms with Crippen LogP contribution in [-0.4, -0.2) is 30.6 Å². The topological polar surface area (TPSA) is 85.5 Å². The van der Waals surface area contributed by atoms with Crippen LogP contribution in [0, 0.1) is 0 Å². The van der Waals surface area contributed by atoms with Gasteiger partial charge in [-0.1, -0.05) is 0 Å². The van der Waals surface area contributed by atoms with Crippen LogP contribution in [0.5, 0.6) is 0 Å². The van der Waals surface area contributed by atoms with Crippen LogP contribution < -0.4 is 5.56 Å². The standard InChI is InChI=1S/C10H11NO5/c1-3-16-9(13)6-4-5-11-8(12)7(6)10(14)15-2/h4-5H,3H2,1-2H3,(H,11,12). The molecule has 0 aliphatic carbocycles. The molecule has 1 aromatic heterocycles. The Hall–Kier alpha value is -2.11. The van der Waals surface area contributed by atoms with E-state index in [1.165, 1.54) is 12.3 Å². The third-order valence-corrected chi connectivity index (χ3v) is 1.85. The Bertz CT molecular complexity index is 463. The number of hydrogen-bond donors (Lipinski definition) is 1. The molecule has 1 aromatic rings. The normalized spacial score (nSPS) is 9.62. The molecule has 1 N–H and O–H groups in total. The van der Waals surface area contributed by atoms with Gasteiger partial charge in [-0.25, -0.2) is 9.59 Å². The van der Waals surface area contributed by atoms with Crippen molar-refractivity contribution in [2.45, 2.75) is 6.92 Å². The predicted octanol–water partition coefficient (Wildman–Crippen LogP) is 0.338. The summed E-state index contributed by atoms with van der Waals surface area (Å²) in [5.41, 5.74) is -1.13. The minimum absolute atomic E-state index is 0.0996. The van der Waals surface area contributed by atoms with Gasteiger partial charge >= 0.3 is 11.9 Å². The number of pyridine rings is 1. The largest absolute Gasteiger partial charge is 0.465 e. The number of hydrogen-bond acceptors (Lipinski definition) is 5. The molecule has 0 saturated carbocycles. The quantitative estimate of drug-likeness (QED) is 0.749. The summed E-state index contributed by atoms with van der Waals surface area (Å²) in [5, 5.41) is 0. The Morgan fingerprint density at radius 3 is 2.62 bits per heavy atom. The second kappa shape index (κ2) is 5.11. The van der Waals surface area contributed by atoms with Crippen molar-refractivity contribution in [3.63, 3.8) is 0 Å². The van der Waals surface area contributed by atoms with Gasteiger partial charge in [0, 0.05) is 6.20 Å². The lowest BCUT2D eigenvalue weighted by molar-refractivity contribution is 0.0503. The van der Waals surface area contributed by atoms with Crippen molar-refractivity contribution in [1.29, 1.82) is 0 Å². The zero-order valence-corrected chi connectivity index (χ0v) is 8.90. The van der Waals surface area contributed by atoms with Crippen LogP contribution in [0.15, 0.2) is 17.1 Å². The van der Waals surface area contributed by atoms with Gasteiger partial charge in [-0.3, -0.25) is 4.79 Å². The molecule has 6 heteroatoms. The van der Waals surface area contributed by atoms with Crippen molar-refractivity contribution in [2.75, 3.05) is 13.7 Å². The average Bonchev–Trinajstić information content (AvgIpc) is 2.28. The molecule has 1 rings (SSSR count). The van der Waals surface area contributed by atoms with Gasteiger partial charge in [0.2, 0.25) is 0 Å². The molecule has 0 aliphatic rings. The Balaban J connectivity index is 3.28. The van der Waals surface area contributed by atoms with E-state index in [9.17, 15) is 14.4 Å². The van der Waals surface area contributed by atoms with Gasteiger partial charge in [0.15, 0.2) is 0 Å². The number of ether oxygens (including phenoxy) is 2. The minimum atomic E-state index is -0.870. The first-order chi connectivity index (χ1) is 7.61. The van der Waals surface area contributed by atoms with E-state index in [0.717, 1.165) is 7.11 Å². The molecule has 0 spiro atoms. The Morgan fingerprint density at radius 2 is 2.06 bits per heavy atom. The summed E-state index contributed by atoms with van der Waals surface area (Å²) in [6.45, 7) is 1.79. The maximum absolute atomic E-state index is 11.5. The zero-order valence-electron chi connectivity index (χ0n) is 8.90. The van der Waals surface area contributed by atoms with Crippen LogP contribution >= 0.6 is 0 Å². The summed E-state index contributed by atoms with van der Waals surface area (Å²) in [6, 6.07) is 1.30. The number of methoxy groups -OCH3 is 1. The fourth-order valence-corrected chi connectivity index (χ4v) is 1.16. The van der Waals surface area contributed by atoms with Gasteiger partial charge < -0.3 is 14.5 Å². The fourth-order valence-electron chi connectivity index (χ4n) is 1.16. The molecule has 6 nitrogen and oxygen atoms in total. The Morgan fingerprint density at radius 1 is 1.38 bits per heavy atom. The van der Waals surface area contributed by atoms with Gasteiger partial charge in [0.05, 0.1) is 19.3 Å². The molecule has 0 saturated heterocycles. The molecule has 0 aromatic carbocycles. The first-order valence-electron chi connectivity index (χ1n) is 4.59. The Kier molecular flexibility index (Phi) is 3.82. The summed E-state index contributed by atoms with van der Waals surface area (Å²) in [5.74, 6) is -1.60. The van der Waals surface area contributed by atoms with E-state index in [0.29, 0.717) is 0 Å². The molecule has 0 atom stereocenters. The summed E-state index contributed by atoms with van der Waals surface area (Å²) in [7, 11) is 1.13. The second-order valence-corrected chi connectivity index (χ2v) is 2.81. The summed E-state index contributed by atoms with van der Waals surface area (Å²) in [6.07, 6.45) is 1.26. The van der Waals surface area contributed by atoms with Crippen molar-refractivity contribution >= 4 is 11.9 Å². The van der Waals surface area contributed by atoms with E-state index >= 15 is 0 Å². The Labute approximate surface area is 91.2 Å². The molecule has 0 amide bonds. The van der Waals surface area contributed by atoms with Gasteiger partial charge in [0.25, 0.3) is 5.56 Å². The highest BCUT2D eigenvalue weighted by Crippen LogP contribution is 2.06. The first-order valence-corrected chi connectivity index (χ1v) is 4.59. The summed E-state index contributed by atoms with van der Waals surface area (Å²) in [4.78, 5) is 36.4. The molecule has 0 aliphatic heterocycles.